The van der Waals surface area contributed by atoms with Gasteiger partial charge in [0, 0.05) is 35.9 Å². The highest BCUT2D eigenvalue weighted by atomic mass is 32.2. The Hall–Kier alpha value is -3.32. The maximum atomic E-state index is 12.9. The van der Waals surface area contributed by atoms with Gasteiger partial charge in [-0.15, -0.1) is 0 Å². The summed E-state index contributed by atoms with van der Waals surface area (Å²) in [5, 5.41) is 6.72. The molecule has 0 spiro atoms. The molecule has 2 aromatic carbocycles. The van der Waals surface area contributed by atoms with Gasteiger partial charge in [0.2, 0.25) is 0 Å². The highest BCUT2D eigenvalue weighted by Crippen LogP contribution is 2.28. The Morgan fingerprint density at radius 1 is 0.903 bits per heavy atom. The molecule has 2 N–H and O–H groups in total. The van der Waals surface area contributed by atoms with E-state index in [9.17, 15) is 9.59 Å². The van der Waals surface area contributed by atoms with Crippen molar-refractivity contribution >= 4 is 29.4 Å². The van der Waals surface area contributed by atoms with Crippen LogP contribution in [0.15, 0.2) is 88.9 Å². The van der Waals surface area contributed by atoms with Crippen molar-refractivity contribution in [3.63, 3.8) is 0 Å². The van der Waals surface area contributed by atoms with Gasteiger partial charge in [0.25, 0.3) is 5.91 Å². The van der Waals surface area contributed by atoms with E-state index in [2.05, 4.69) is 15.6 Å². The van der Waals surface area contributed by atoms with Crippen LogP contribution in [0.2, 0.25) is 0 Å². The van der Waals surface area contributed by atoms with Crippen LogP contribution in [-0.4, -0.2) is 41.0 Å². The average Bonchev–Trinajstić information content (AvgIpc) is 2.81. The first-order valence-corrected chi connectivity index (χ1v) is 11.1. The van der Waals surface area contributed by atoms with E-state index in [-0.39, 0.29) is 18.0 Å². The fraction of sp³-hybridized carbons (Fsp3) is 0.208. The lowest BCUT2D eigenvalue weighted by molar-refractivity contribution is 0.0915. The number of nitrogens with one attached hydrogen (secondary N) is 2. The van der Waals surface area contributed by atoms with Crippen LogP contribution < -0.4 is 10.6 Å². The van der Waals surface area contributed by atoms with E-state index in [0.29, 0.717) is 23.7 Å². The number of urea groups is 1. The summed E-state index contributed by atoms with van der Waals surface area (Å²) in [6.45, 7) is 1.20. The Morgan fingerprint density at radius 3 is 2.29 bits per heavy atom. The number of hydrogen-bond donors (Lipinski definition) is 2. The topological polar surface area (TPSA) is 74.3 Å². The van der Waals surface area contributed by atoms with Crippen LogP contribution in [0.3, 0.4) is 0 Å². The zero-order chi connectivity index (χ0) is 21.5. The minimum atomic E-state index is -0.126. The van der Waals surface area contributed by atoms with Gasteiger partial charge in [-0.05, 0) is 49.2 Å². The molecule has 4 rings (SSSR count). The molecule has 0 saturated carbocycles. The smallest absolute Gasteiger partial charge is 0.321 e. The highest BCUT2D eigenvalue weighted by molar-refractivity contribution is 7.99. The van der Waals surface area contributed by atoms with Crippen LogP contribution in [-0.2, 0) is 0 Å². The summed E-state index contributed by atoms with van der Waals surface area (Å²) < 4.78 is 0. The van der Waals surface area contributed by atoms with Crippen molar-refractivity contribution in [3.8, 4) is 0 Å². The molecular weight excluding hydrogens is 408 g/mol. The number of piperidine rings is 1. The molecule has 3 aromatic rings. The van der Waals surface area contributed by atoms with Crippen molar-refractivity contribution in [3.05, 3.63) is 84.6 Å². The number of anilines is 1. The van der Waals surface area contributed by atoms with E-state index in [0.717, 1.165) is 23.4 Å². The average molecular weight is 433 g/mol. The van der Waals surface area contributed by atoms with Gasteiger partial charge in [0.05, 0.1) is 5.56 Å². The monoisotopic (exact) mass is 432 g/mol. The first kappa shape index (κ1) is 20.9. The summed E-state index contributed by atoms with van der Waals surface area (Å²) in [4.78, 5) is 32.6. The predicted octanol–water partition coefficient (Wildman–Crippen LogP) is 4.66. The first-order chi connectivity index (χ1) is 15.2. The van der Waals surface area contributed by atoms with Gasteiger partial charge in [0.1, 0.15) is 5.03 Å². The number of likely N-dealkylation sites (tertiary alicyclic amines) is 1. The molecule has 6 nitrogen and oxygen atoms in total. The number of hydrogen-bond acceptors (Lipinski definition) is 4. The Labute approximate surface area is 186 Å². The lowest BCUT2D eigenvalue weighted by atomic mass is 10.0. The highest BCUT2D eigenvalue weighted by Gasteiger charge is 2.25. The van der Waals surface area contributed by atoms with Crippen molar-refractivity contribution in [2.75, 3.05) is 18.4 Å². The van der Waals surface area contributed by atoms with E-state index in [1.165, 1.54) is 11.8 Å². The third kappa shape index (κ3) is 5.64. The lowest BCUT2D eigenvalue weighted by Gasteiger charge is -2.32. The minimum Gasteiger partial charge on any atom is -0.349 e. The van der Waals surface area contributed by atoms with Gasteiger partial charge in [-0.1, -0.05) is 48.2 Å². The zero-order valence-corrected chi connectivity index (χ0v) is 17.8. The van der Waals surface area contributed by atoms with Gasteiger partial charge in [0.15, 0.2) is 0 Å². The summed E-state index contributed by atoms with van der Waals surface area (Å²) in [5.74, 6) is -0.126. The minimum absolute atomic E-state index is 0.0306. The first-order valence-electron chi connectivity index (χ1n) is 10.3. The number of benzene rings is 2. The quantitative estimate of drug-likeness (QED) is 0.615. The van der Waals surface area contributed by atoms with Gasteiger partial charge in [-0.2, -0.15) is 0 Å². The van der Waals surface area contributed by atoms with Gasteiger partial charge in [-0.25, -0.2) is 9.78 Å². The maximum absolute atomic E-state index is 12.9. The molecule has 0 unspecified atom stereocenters. The molecule has 1 aliphatic rings. The van der Waals surface area contributed by atoms with E-state index >= 15 is 0 Å². The molecule has 158 valence electrons. The lowest BCUT2D eigenvalue weighted by Crippen LogP contribution is -2.47. The van der Waals surface area contributed by atoms with Gasteiger partial charge < -0.3 is 15.5 Å². The summed E-state index contributed by atoms with van der Waals surface area (Å²) in [5.41, 5.74) is 1.35. The van der Waals surface area contributed by atoms with Crippen LogP contribution in [0.4, 0.5) is 10.5 Å². The Kier molecular flexibility index (Phi) is 6.84. The number of aromatic nitrogens is 1. The standard InChI is InChI=1S/C24H24N4O2S/c29-22(21-12-7-15-25-23(21)31-20-10-5-2-6-11-20)26-19-13-16-28(17-14-19)24(30)27-18-8-3-1-4-9-18/h1-12,15,19H,13-14,16-17H2,(H,26,29)(H,27,30). The number of pyridine rings is 1. The van der Waals surface area contributed by atoms with Gasteiger partial charge >= 0.3 is 6.03 Å². The molecule has 0 bridgehead atoms. The fourth-order valence-corrected chi connectivity index (χ4v) is 4.36. The maximum Gasteiger partial charge on any atom is 0.321 e. The van der Waals surface area contributed by atoms with Crippen molar-refractivity contribution in [2.24, 2.45) is 0 Å². The molecule has 1 aromatic heterocycles. The van der Waals surface area contributed by atoms with Crippen LogP contribution in [0, 0.1) is 0 Å². The second kappa shape index (κ2) is 10.1. The zero-order valence-electron chi connectivity index (χ0n) is 17.0. The van der Waals surface area contributed by atoms with Crippen LogP contribution in [0.25, 0.3) is 0 Å². The molecule has 1 aliphatic heterocycles. The number of nitrogens with zero attached hydrogens (tertiary/aromatic N) is 2. The molecule has 0 aliphatic carbocycles. The van der Waals surface area contributed by atoms with Crippen molar-refractivity contribution in [2.45, 2.75) is 28.8 Å². The Balaban J connectivity index is 1.32. The number of carbonyl (C=O) groups is 2. The molecule has 1 fully saturated rings. The van der Waals surface area contributed by atoms with E-state index in [4.69, 9.17) is 0 Å². The third-order valence-corrected chi connectivity index (χ3v) is 6.14. The van der Waals surface area contributed by atoms with Crippen molar-refractivity contribution < 1.29 is 9.59 Å². The Bertz CT molecular complexity index is 1020. The molecule has 7 heteroatoms. The summed E-state index contributed by atoms with van der Waals surface area (Å²) in [6.07, 6.45) is 3.14. The largest absolute Gasteiger partial charge is 0.349 e. The number of rotatable bonds is 5. The van der Waals surface area contributed by atoms with Crippen LogP contribution >= 0.6 is 11.8 Å². The molecular formula is C24H24N4O2S. The van der Waals surface area contributed by atoms with E-state index in [1.54, 1.807) is 23.2 Å². The summed E-state index contributed by atoms with van der Waals surface area (Å²) in [6, 6.07) is 22.8. The second-order valence-electron chi connectivity index (χ2n) is 7.30. The molecule has 2 heterocycles. The normalized spacial score (nSPS) is 14.1. The summed E-state index contributed by atoms with van der Waals surface area (Å²) in [7, 11) is 0. The molecule has 31 heavy (non-hydrogen) atoms. The Morgan fingerprint density at radius 2 is 1.58 bits per heavy atom. The summed E-state index contributed by atoms with van der Waals surface area (Å²) >= 11 is 1.48. The predicted molar refractivity (Wildman–Crippen MR) is 122 cm³/mol. The number of amides is 3. The molecule has 3 amide bonds. The van der Waals surface area contributed by atoms with E-state index in [1.807, 2.05) is 60.7 Å². The second-order valence-corrected chi connectivity index (χ2v) is 8.36. The molecule has 1 saturated heterocycles. The number of carbonyl (C=O) groups excluding carboxylic acids is 2. The van der Waals surface area contributed by atoms with E-state index < -0.39 is 0 Å². The van der Waals surface area contributed by atoms with Crippen LogP contribution in [0.1, 0.15) is 23.2 Å². The van der Waals surface area contributed by atoms with Crippen molar-refractivity contribution in [1.82, 2.24) is 15.2 Å². The number of para-hydroxylation sites is 1. The SMILES string of the molecule is O=C(NC1CCN(C(=O)Nc2ccccc2)CC1)c1cccnc1Sc1ccccc1. The molecule has 0 atom stereocenters. The van der Waals surface area contributed by atoms with Gasteiger partial charge in [-0.3, -0.25) is 4.79 Å². The van der Waals surface area contributed by atoms with Crippen LogP contribution in [0.5, 0.6) is 0 Å². The molecule has 0 radical (unpaired) electrons. The van der Waals surface area contributed by atoms with Crippen molar-refractivity contribution in [1.29, 1.82) is 0 Å². The fourth-order valence-electron chi connectivity index (χ4n) is 3.46. The third-order valence-electron chi connectivity index (χ3n) is 5.12.